The Balaban J connectivity index is 2.05. The second-order valence-electron chi connectivity index (χ2n) is 11.1. The molecule has 2 unspecified atom stereocenters. The Labute approximate surface area is 253 Å². The molecule has 0 radical (unpaired) electrons. The summed E-state index contributed by atoms with van der Waals surface area (Å²) in [6.45, 7) is 11.2. The lowest BCUT2D eigenvalue weighted by Gasteiger charge is -2.34. The molecular formula is C34H41N3O6. The lowest BCUT2D eigenvalue weighted by Crippen LogP contribution is -2.53. The van der Waals surface area contributed by atoms with Gasteiger partial charge in [0.2, 0.25) is 5.91 Å². The summed E-state index contributed by atoms with van der Waals surface area (Å²) in [4.78, 5) is 42.8. The van der Waals surface area contributed by atoms with Crippen molar-refractivity contribution in [3.63, 3.8) is 0 Å². The number of carbonyl (C=O) groups is 3. The third-order valence-electron chi connectivity index (χ3n) is 6.49. The van der Waals surface area contributed by atoms with Gasteiger partial charge in [-0.05, 0) is 86.3 Å². The molecule has 9 heteroatoms. The second-order valence-corrected chi connectivity index (χ2v) is 11.1. The first-order valence-corrected chi connectivity index (χ1v) is 14.2. The molecule has 0 fully saturated rings. The van der Waals surface area contributed by atoms with E-state index in [-0.39, 0.29) is 18.7 Å². The molecule has 0 saturated carbocycles. The molecule has 0 aromatic heterocycles. The molecule has 228 valence electrons. The van der Waals surface area contributed by atoms with Gasteiger partial charge >= 0.3 is 6.09 Å². The number of carbonyl (C=O) groups excluding carboxylic acids is 3. The molecule has 9 nitrogen and oxygen atoms in total. The van der Waals surface area contributed by atoms with E-state index < -0.39 is 35.6 Å². The van der Waals surface area contributed by atoms with Crippen molar-refractivity contribution in [3.8, 4) is 11.5 Å². The molecule has 3 aromatic carbocycles. The van der Waals surface area contributed by atoms with Gasteiger partial charge in [-0.25, -0.2) is 4.79 Å². The summed E-state index contributed by atoms with van der Waals surface area (Å²) in [6, 6.07) is 18.5. The minimum absolute atomic E-state index is 0.0803. The highest BCUT2D eigenvalue weighted by Crippen LogP contribution is 2.27. The number of nitrogens with zero attached hydrogens (tertiary/aromatic N) is 1. The van der Waals surface area contributed by atoms with Crippen LogP contribution < -0.4 is 15.4 Å². The summed E-state index contributed by atoms with van der Waals surface area (Å²) in [5.41, 5.74) is 1.83. The predicted octanol–water partition coefficient (Wildman–Crippen LogP) is 6.10. The van der Waals surface area contributed by atoms with Crippen LogP contribution >= 0.6 is 0 Å². The Morgan fingerprint density at radius 1 is 1.02 bits per heavy atom. The normalized spacial score (nSPS) is 12.4. The number of ether oxygens (including phenoxy) is 2. The maximum Gasteiger partial charge on any atom is 0.408 e. The third-order valence-corrected chi connectivity index (χ3v) is 6.49. The fraction of sp³-hybridized carbons (Fsp3) is 0.324. The first-order chi connectivity index (χ1) is 20.4. The molecule has 2 atom stereocenters. The van der Waals surface area contributed by atoms with Crippen LogP contribution in [-0.4, -0.2) is 53.2 Å². The van der Waals surface area contributed by atoms with Gasteiger partial charge < -0.3 is 30.1 Å². The number of amides is 3. The van der Waals surface area contributed by atoms with E-state index in [1.807, 2.05) is 25.1 Å². The number of aromatic hydroxyl groups is 1. The Morgan fingerprint density at radius 3 is 2.28 bits per heavy atom. The molecule has 0 heterocycles. The Kier molecular flexibility index (Phi) is 11.3. The van der Waals surface area contributed by atoms with Gasteiger partial charge in [0, 0.05) is 18.7 Å². The number of alkyl carbamates (subject to hydrolysis) is 1. The van der Waals surface area contributed by atoms with Crippen molar-refractivity contribution in [3.05, 3.63) is 96.1 Å². The average molecular weight is 588 g/mol. The largest absolute Gasteiger partial charge is 0.508 e. The van der Waals surface area contributed by atoms with Crippen molar-refractivity contribution in [1.82, 2.24) is 10.2 Å². The predicted molar refractivity (Wildman–Crippen MR) is 168 cm³/mol. The highest BCUT2D eigenvalue weighted by molar-refractivity contribution is 5.99. The molecule has 3 N–H and O–H groups in total. The van der Waals surface area contributed by atoms with E-state index in [0.29, 0.717) is 29.0 Å². The molecule has 0 aliphatic heterocycles. The summed E-state index contributed by atoms with van der Waals surface area (Å²) in [5, 5.41) is 15.4. The smallest absolute Gasteiger partial charge is 0.408 e. The average Bonchev–Trinajstić information content (AvgIpc) is 2.97. The molecule has 0 spiro atoms. The number of benzene rings is 3. The quantitative estimate of drug-likeness (QED) is 0.236. The van der Waals surface area contributed by atoms with Gasteiger partial charge in [-0.1, -0.05) is 49.9 Å². The maximum absolute atomic E-state index is 14.4. The van der Waals surface area contributed by atoms with Gasteiger partial charge in [-0.3, -0.25) is 9.59 Å². The number of phenolic OH excluding ortho intramolecular Hbond substituents is 1. The van der Waals surface area contributed by atoms with Crippen LogP contribution in [0.5, 0.6) is 11.5 Å². The molecule has 3 amide bonds. The summed E-state index contributed by atoms with van der Waals surface area (Å²) in [7, 11) is 1.56. The van der Waals surface area contributed by atoms with E-state index in [9.17, 15) is 19.5 Å². The van der Waals surface area contributed by atoms with Crippen LogP contribution in [0.3, 0.4) is 0 Å². The van der Waals surface area contributed by atoms with E-state index >= 15 is 0 Å². The SMILES string of the molecule is C=Cc1cccc(C(C(=O)Nc2ccc(OC)cc2)N(CCC)C(=O)C(Cc2ccc(O)cc2)NC(=O)OC(C)(C)C)c1. The van der Waals surface area contributed by atoms with Crippen molar-refractivity contribution in [2.24, 2.45) is 0 Å². The molecule has 0 saturated heterocycles. The summed E-state index contributed by atoms with van der Waals surface area (Å²) >= 11 is 0. The maximum atomic E-state index is 14.4. The third kappa shape index (κ3) is 9.63. The zero-order valence-corrected chi connectivity index (χ0v) is 25.4. The minimum atomic E-state index is -1.06. The lowest BCUT2D eigenvalue weighted by molar-refractivity contribution is -0.140. The molecule has 0 aliphatic rings. The van der Waals surface area contributed by atoms with E-state index in [4.69, 9.17) is 9.47 Å². The first kappa shape index (κ1) is 32.7. The van der Waals surface area contributed by atoms with Crippen LogP contribution in [0.1, 0.15) is 56.8 Å². The summed E-state index contributed by atoms with van der Waals surface area (Å²) in [5.74, 6) is -0.161. The number of hydrogen-bond acceptors (Lipinski definition) is 6. The van der Waals surface area contributed by atoms with Crippen LogP contribution in [0.15, 0.2) is 79.4 Å². The highest BCUT2D eigenvalue weighted by atomic mass is 16.6. The number of nitrogens with one attached hydrogen (secondary N) is 2. The Bertz CT molecular complexity index is 1400. The van der Waals surface area contributed by atoms with Crippen molar-refractivity contribution in [2.45, 2.75) is 58.2 Å². The Hall–Kier alpha value is -4.79. The van der Waals surface area contributed by atoms with Crippen LogP contribution in [0.2, 0.25) is 0 Å². The van der Waals surface area contributed by atoms with Crippen molar-refractivity contribution in [2.75, 3.05) is 19.0 Å². The van der Waals surface area contributed by atoms with Gasteiger partial charge in [0.1, 0.15) is 29.2 Å². The molecule has 3 rings (SSSR count). The van der Waals surface area contributed by atoms with Crippen molar-refractivity contribution >= 4 is 29.7 Å². The van der Waals surface area contributed by atoms with Gasteiger partial charge in [0.15, 0.2) is 0 Å². The number of phenols is 1. The van der Waals surface area contributed by atoms with Crippen LogP contribution in [-0.2, 0) is 20.7 Å². The summed E-state index contributed by atoms with van der Waals surface area (Å²) < 4.78 is 10.7. The molecule has 43 heavy (non-hydrogen) atoms. The fourth-order valence-electron chi connectivity index (χ4n) is 4.54. The summed E-state index contributed by atoms with van der Waals surface area (Å²) in [6.07, 6.45) is 1.58. The molecule has 0 aliphatic carbocycles. The molecular weight excluding hydrogens is 546 g/mol. The highest BCUT2D eigenvalue weighted by Gasteiger charge is 2.36. The van der Waals surface area contributed by atoms with Gasteiger partial charge in [0.25, 0.3) is 5.91 Å². The number of methoxy groups -OCH3 is 1. The zero-order valence-electron chi connectivity index (χ0n) is 25.4. The van der Waals surface area contributed by atoms with E-state index in [0.717, 1.165) is 5.56 Å². The van der Waals surface area contributed by atoms with E-state index in [1.165, 1.54) is 17.0 Å². The monoisotopic (exact) mass is 587 g/mol. The standard InChI is InChI=1S/C34H41N3O6/c1-7-20-37(32(40)29(36-33(41)43-34(3,4)5)22-24-12-16-27(38)17-13-24)30(25-11-9-10-23(8-2)21-25)31(39)35-26-14-18-28(42-6)19-15-26/h8-19,21,29-30,38H,2,7,20,22H2,1,3-6H3,(H,35,39)(H,36,41). The molecule has 3 aromatic rings. The zero-order chi connectivity index (χ0) is 31.6. The number of anilines is 1. The minimum Gasteiger partial charge on any atom is -0.508 e. The fourth-order valence-corrected chi connectivity index (χ4v) is 4.54. The van der Waals surface area contributed by atoms with Crippen molar-refractivity contribution in [1.29, 1.82) is 0 Å². The topological polar surface area (TPSA) is 117 Å². The Morgan fingerprint density at radius 2 is 1.70 bits per heavy atom. The second kappa shape index (κ2) is 14.9. The van der Waals surface area contributed by atoms with E-state index in [1.54, 1.807) is 76.4 Å². The van der Waals surface area contributed by atoms with Gasteiger partial charge in [-0.15, -0.1) is 0 Å². The first-order valence-electron chi connectivity index (χ1n) is 14.2. The van der Waals surface area contributed by atoms with Crippen LogP contribution in [0.25, 0.3) is 6.08 Å². The van der Waals surface area contributed by atoms with Crippen molar-refractivity contribution < 1.29 is 29.0 Å². The van der Waals surface area contributed by atoms with Crippen LogP contribution in [0, 0.1) is 0 Å². The van der Waals surface area contributed by atoms with Gasteiger partial charge in [-0.2, -0.15) is 0 Å². The van der Waals surface area contributed by atoms with E-state index in [2.05, 4.69) is 17.2 Å². The number of rotatable bonds is 12. The lowest BCUT2D eigenvalue weighted by atomic mass is 9.98. The van der Waals surface area contributed by atoms with Gasteiger partial charge in [0.05, 0.1) is 7.11 Å². The van der Waals surface area contributed by atoms with Crippen LogP contribution in [0.4, 0.5) is 10.5 Å². The molecule has 0 bridgehead atoms. The number of hydrogen-bond donors (Lipinski definition) is 3.